The summed E-state index contributed by atoms with van der Waals surface area (Å²) in [5.41, 5.74) is 2.53. The molecule has 2 nitrogen and oxygen atoms in total. The third kappa shape index (κ3) is 2.55. The Hall–Kier alpha value is -1.63. The molecule has 0 radical (unpaired) electrons. The second kappa shape index (κ2) is 4.33. The third-order valence-corrected chi connectivity index (χ3v) is 3.16. The van der Waals surface area contributed by atoms with E-state index < -0.39 is 5.92 Å². The van der Waals surface area contributed by atoms with E-state index in [1.807, 2.05) is 17.9 Å². The highest BCUT2D eigenvalue weighted by Crippen LogP contribution is 2.31. The number of rotatable bonds is 1. The Balaban J connectivity index is 2.17. The first-order valence-corrected chi connectivity index (χ1v) is 5.65. The second-order valence-electron chi connectivity index (χ2n) is 4.46. The predicted molar refractivity (Wildman–Crippen MR) is 62.3 cm³/mol. The van der Waals surface area contributed by atoms with Crippen LogP contribution < -0.4 is 4.90 Å². The molecule has 0 atom stereocenters. The van der Waals surface area contributed by atoms with E-state index in [1.54, 1.807) is 12.1 Å². The van der Waals surface area contributed by atoms with Crippen LogP contribution in [0.15, 0.2) is 18.2 Å². The molecular formula is C13H14F2N2. The standard InChI is InChI=1S/C13H14F2N2/c1-10-8-11(9-16)2-3-12(10)17-6-4-13(14,15)5-7-17/h2-3,8H,4-7H2,1H3. The normalized spacial score (nSPS) is 18.8. The topological polar surface area (TPSA) is 27.0 Å². The average Bonchev–Trinajstić information content (AvgIpc) is 2.29. The van der Waals surface area contributed by atoms with Gasteiger partial charge in [-0.3, -0.25) is 0 Å². The summed E-state index contributed by atoms with van der Waals surface area (Å²) in [6.07, 6.45) is -0.182. The van der Waals surface area contributed by atoms with Gasteiger partial charge in [-0.1, -0.05) is 0 Å². The molecule has 4 heteroatoms. The van der Waals surface area contributed by atoms with Gasteiger partial charge >= 0.3 is 0 Å². The summed E-state index contributed by atoms with van der Waals surface area (Å²) in [5.74, 6) is -2.52. The van der Waals surface area contributed by atoms with Crippen molar-refractivity contribution in [1.82, 2.24) is 0 Å². The van der Waals surface area contributed by atoms with E-state index >= 15 is 0 Å². The molecule has 0 spiro atoms. The quantitative estimate of drug-likeness (QED) is 0.749. The maximum atomic E-state index is 13.0. The number of nitriles is 1. The van der Waals surface area contributed by atoms with Crippen molar-refractivity contribution >= 4 is 5.69 Å². The van der Waals surface area contributed by atoms with E-state index in [9.17, 15) is 8.78 Å². The van der Waals surface area contributed by atoms with Crippen molar-refractivity contribution in [3.05, 3.63) is 29.3 Å². The monoisotopic (exact) mass is 236 g/mol. The fraction of sp³-hybridized carbons (Fsp3) is 0.462. The van der Waals surface area contributed by atoms with Crippen LogP contribution in [-0.2, 0) is 0 Å². The molecule has 17 heavy (non-hydrogen) atoms. The van der Waals surface area contributed by atoms with Crippen LogP contribution in [0.5, 0.6) is 0 Å². The Morgan fingerprint density at radius 3 is 2.47 bits per heavy atom. The van der Waals surface area contributed by atoms with Crippen LogP contribution in [0.1, 0.15) is 24.0 Å². The third-order valence-electron chi connectivity index (χ3n) is 3.16. The predicted octanol–water partition coefficient (Wildman–Crippen LogP) is 3.10. The summed E-state index contributed by atoms with van der Waals surface area (Å²) >= 11 is 0. The summed E-state index contributed by atoms with van der Waals surface area (Å²) in [4.78, 5) is 1.97. The fourth-order valence-corrected chi connectivity index (χ4v) is 2.15. The average molecular weight is 236 g/mol. The molecule has 1 heterocycles. The van der Waals surface area contributed by atoms with Gasteiger partial charge < -0.3 is 4.90 Å². The minimum atomic E-state index is -2.52. The lowest BCUT2D eigenvalue weighted by molar-refractivity contribution is -0.0220. The first kappa shape index (κ1) is 11.8. The molecule has 0 unspecified atom stereocenters. The minimum absolute atomic E-state index is 0.0908. The van der Waals surface area contributed by atoms with Crippen molar-refractivity contribution in [3.63, 3.8) is 0 Å². The van der Waals surface area contributed by atoms with Gasteiger partial charge in [-0.15, -0.1) is 0 Å². The zero-order valence-corrected chi connectivity index (χ0v) is 9.71. The van der Waals surface area contributed by atoms with E-state index in [-0.39, 0.29) is 12.8 Å². The maximum Gasteiger partial charge on any atom is 0.251 e. The zero-order chi connectivity index (χ0) is 12.5. The van der Waals surface area contributed by atoms with E-state index in [2.05, 4.69) is 6.07 Å². The number of alkyl halides is 2. The Morgan fingerprint density at radius 1 is 1.29 bits per heavy atom. The van der Waals surface area contributed by atoms with Crippen molar-refractivity contribution < 1.29 is 8.78 Å². The van der Waals surface area contributed by atoms with Gasteiger partial charge in [-0.25, -0.2) is 8.78 Å². The molecule has 1 aromatic carbocycles. The highest BCUT2D eigenvalue weighted by Gasteiger charge is 2.34. The van der Waals surface area contributed by atoms with Gasteiger partial charge in [-0.05, 0) is 30.7 Å². The molecule has 0 bridgehead atoms. The highest BCUT2D eigenvalue weighted by atomic mass is 19.3. The van der Waals surface area contributed by atoms with E-state index in [1.165, 1.54) is 0 Å². The van der Waals surface area contributed by atoms with Crippen molar-refractivity contribution in [2.24, 2.45) is 0 Å². The number of benzene rings is 1. The summed E-state index contributed by atoms with van der Waals surface area (Å²) in [7, 11) is 0. The van der Waals surface area contributed by atoms with Gasteiger partial charge in [0.25, 0.3) is 5.92 Å². The summed E-state index contributed by atoms with van der Waals surface area (Å²) in [6, 6.07) is 7.44. The second-order valence-corrected chi connectivity index (χ2v) is 4.46. The SMILES string of the molecule is Cc1cc(C#N)ccc1N1CCC(F)(F)CC1. The molecule has 1 fully saturated rings. The number of nitrogens with zero attached hydrogens (tertiary/aromatic N) is 2. The lowest BCUT2D eigenvalue weighted by atomic mass is 10.0. The number of piperidine rings is 1. The van der Waals surface area contributed by atoms with Gasteiger partial charge in [0, 0.05) is 31.6 Å². The van der Waals surface area contributed by atoms with Crippen molar-refractivity contribution in [2.45, 2.75) is 25.7 Å². The molecular weight excluding hydrogens is 222 g/mol. The Labute approximate surface area is 99.5 Å². The van der Waals surface area contributed by atoms with Crippen molar-refractivity contribution in [3.8, 4) is 6.07 Å². The van der Waals surface area contributed by atoms with E-state index in [0.717, 1.165) is 11.3 Å². The molecule has 1 aliphatic heterocycles. The molecule has 0 saturated carbocycles. The van der Waals surface area contributed by atoms with E-state index in [0.29, 0.717) is 18.7 Å². The van der Waals surface area contributed by atoms with Crippen LogP contribution in [-0.4, -0.2) is 19.0 Å². The highest BCUT2D eigenvalue weighted by molar-refractivity contribution is 5.56. The Bertz CT molecular complexity index is 453. The lowest BCUT2D eigenvalue weighted by Gasteiger charge is -2.34. The summed E-state index contributed by atoms with van der Waals surface area (Å²) in [6.45, 7) is 2.66. The van der Waals surface area contributed by atoms with Crippen LogP contribution in [0.25, 0.3) is 0 Å². The minimum Gasteiger partial charge on any atom is -0.371 e. The number of anilines is 1. The molecule has 0 N–H and O–H groups in total. The van der Waals surface area contributed by atoms with Gasteiger partial charge in [0.05, 0.1) is 11.6 Å². The molecule has 0 aliphatic carbocycles. The van der Waals surface area contributed by atoms with Gasteiger partial charge in [0.2, 0.25) is 0 Å². The number of aryl methyl sites for hydroxylation is 1. The Kier molecular flexibility index (Phi) is 3.01. The van der Waals surface area contributed by atoms with Gasteiger partial charge in [-0.2, -0.15) is 5.26 Å². The smallest absolute Gasteiger partial charge is 0.251 e. The van der Waals surface area contributed by atoms with Crippen LogP contribution in [0.3, 0.4) is 0 Å². The number of halogens is 2. The first-order chi connectivity index (χ1) is 8.02. The van der Waals surface area contributed by atoms with Crippen LogP contribution >= 0.6 is 0 Å². The van der Waals surface area contributed by atoms with Crippen LogP contribution in [0.4, 0.5) is 14.5 Å². The van der Waals surface area contributed by atoms with Crippen LogP contribution in [0.2, 0.25) is 0 Å². The molecule has 1 aromatic rings. The lowest BCUT2D eigenvalue weighted by Crippen LogP contribution is -2.39. The molecule has 0 aromatic heterocycles. The van der Waals surface area contributed by atoms with E-state index in [4.69, 9.17) is 5.26 Å². The van der Waals surface area contributed by atoms with Crippen molar-refractivity contribution in [2.75, 3.05) is 18.0 Å². The molecule has 90 valence electrons. The summed E-state index contributed by atoms with van der Waals surface area (Å²) < 4.78 is 26.1. The first-order valence-electron chi connectivity index (χ1n) is 5.65. The number of hydrogen-bond donors (Lipinski definition) is 0. The van der Waals surface area contributed by atoms with Gasteiger partial charge in [0.15, 0.2) is 0 Å². The van der Waals surface area contributed by atoms with Gasteiger partial charge in [0.1, 0.15) is 0 Å². The number of hydrogen-bond acceptors (Lipinski definition) is 2. The zero-order valence-electron chi connectivity index (χ0n) is 9.71. The molecule has 1 saturated heterocycles. The summed E-state index contributed by atoms with van der Waals surface area (Å²) in [5, 5.41) is 8.77. The molecule has 1 aliphatic rings. The van der Waals surface area contributed by atoms with Crippen LogP contribution in [0, 0.1) is 18.3 Å². The molecule has 0 amide bonds. The molecule has 2 rings (SSSR count). The van der Waals surface area contributed by atoms with Crippen molar-refractivity contribution in [1.29, 1.82) is 5.26 Å². The fourth-order valence-electron chi connectivity index (χ4n) is 2.15. The Morgan fingerprint density at radius 2 is 1.94 bits per heavy atom. The largest absolute Gasteiger partial charge is 0.371 e. The maximum absolute atomic E-state index is 13.0.